The van der Waals surface area contributed by atoms with Crippen LogP contribution in [0.25, 0.3) is 11.1 Å². The topological polar surface area (TPSA) is 69.0 Å². The molecule has 6 heteroatoms. The molecule has 25 heavy (non-hydrogen) atoms. The Bertz CT molecular complexity index is 987. The van der Waals surface area contributed by atoms with E-state index in [0.29, 0.717) is 12.1 Å². The Morgan fingerprint density at radius 1 is 1.16 bits per heavy atom. The number of aromatic nitrogens is 2. The molecule has 1 aromatic carbocycles. The third kappa shape index (κ3) is 3.54. The summed E-state index contributed by atoms with van der Waals surface area (Å²) in [5.41, 5.74) is 4.03. The fraction of sp³-hybridized carbons (Fsp3) is 0.474. The third-order valence-electron chi connectivity index (χ3n) is 4.38. The van der Waals surface area contributed by atoms with Crippen LogP contribution in [-0.2, 0) is 23.3 Å². The standard InChI is InChI=1S/C19H26N2O3S/c1-8-14-9-12(4)10-15(11(2)3)16(14)17-18(25(7,23)24)13(5)20-21(6)19(17)22/h9-11H,8H2,1-7H3. The molecule has 0 radical (unpaired) electrons. The zero-order valence-electron chi connectivity index (χ0n) is 16.0. The number of aryl methyl sites for hydroxylation is 4. The lowest BCUT2D eigenvalue weighted by Crippen LogP contribution is -2.26. The van der Waals surface area contributed by atoms with Gasteiger partial charge in [0, 0.05) is 13.3 Å². The van der Waals surface area contributed by atoms with Crippen molar-refractivity contribution in [3.63, 3.8) is 0 Å². The van der Waals surface area contributed by atoms with Crippen molar-refractivity contribution in [1.82, 2.24) is 9.78 Å². The highest BCUT2D eigenvalue weighted by atomic mass is 32.2. The summed E-state index contributed by atoms with van der Waals surface area (Å²) in [6.07, 6.45) is 1.85. The first kappa shape index (κ1) is 19.4. The maximum atomic E-state index is 13.0. The average molecular weight is 362 g/mol. The van der Waals surface area contributed by atoms with Gasteiger partial charge in [-0.2, -0.15) is 5.10 Å². The molecule has 1 aromatic heterocycles. The van der Waals surface area contributed by atoms with Crippen LogP contribution in [-0.4, -0.2) is 24.5 Å². The molecule has 0 spiro atoms. The minimum Gasteiger partial charge on any atom is -0.267 e. The molecule has 0 saturated carbocycles. The number of hydrogen-bond donors (Lipinski definition) is 0. The maximum Gasteiger partial charge on any atom is 0.275 e. The Kier molecular flexibility index (Phi) is 5.23. The van der Waals surface area contributed by atoms with Crippen molar-refractivity contribution in [2.75, 3.05) is 6.26 Å². The predicted octanol–water partition coefficient (Wildman–Crippen LogP) is 3.15. The molecule has 0 unspecified atom stereocenters. The molecule has 2 rings (SSSR count). The maximum absolute atomic E-state index is 13.0. The highest BCUT2D eigenvalue weighted by molar-refractivity contribution is 7.90. The van der Waals surface area contributed by atoms with Crippen LogP contribution < -0.4 is 5.56 Å². The number of sulfone groups is 1. The number of nitrogens with zero attached hydrogens (tertiary/aromatic N) is 2. The van der Waals surface area contributed by atoms with E-state index in [4.69, 9.17) is 0 Å². The van der Waals surface area contributed by atoms with E-state index in [9.17, 15) is 13.2 Å². The molecular formula is C19H26N2O3S. The number of rotatable bonds is 4. The van der Waals surface area contributed by atoms with E-state index in [-0.39, 0.29) is 21.9 Å². The van der Waals surface area contributed by atoms with E-state index in [1.54, 1.807) is 14.0 Å². The van der Waals surface area contributed by atoms with Crippen LogP contribution in [0.4, 0.5) is 0 Å². The highest BCUT2D eigenvalue weighted by Gasteiger charge is 2.27. The van der Waals surface area contributed by atoms with Gasteiger partial charge in [-0.15, -0.1) is 0 Å². The van der Waals surface area contributed by atoms with Crippen LogP contribution in [0.3, 0.4) is 0 Å². The van der Waals surface area contributed by atoms with Crippen LogP contribution in [0.2, 0.25) is 0 Å². The van der Waals surface area contributed by atoms with E-state index in [1.807, 2.05) is 26.0 Å². The van der Waals surface area contributed by atoms with Crippen LogP contribution in [0.1, 0.15) is 49.1 Å². The first-order valence-corrected chi connectivity index (χ1v) is 10.3. The molecule has 2 aromatic rings. The first-order chi connectivity index (χ1) is 11.5. The largest absolute Gasteiger partial charge is 0.275 e. The van der Waals surface area contributed by atoms with E-state index >= 15 is 0 Å². The fourth-order valence-corrected chi connectivity index (χ4v) is 4.50. The molecule has 0 aliphatic rings. The zero-order valence-corrected chi connectivity index (χ0v) is 16.8. The van der Waals surface area contributed by atoms with Gasteiger partial charge in [0.05, 0.1) is 11.3 Å². The lowest BCUT2D eigenvalue weighted by atomic mass is 9.86. The van der Waals surface area contributed by atoms with Crippen molar-refractivity contribution in [2.24, 2.45) is 7.05 Å². The fourth-order valence-electron chi connectivity index (χ4n) is 3.36. The Labute approximate surface area is 149 Å². The number of hydrogen-bond acceptors (Lipinski definition) is 4. The normalized spacial score (nSPS) is 12.0. The predicted molar refractivity (Wildman–Crippen MR) is 101 cm³/mol. The van der Waals surface area contributed by atoms with Gasteiger partial charge in [-0.05, 0) is 42.9 Å². The van der Waals surface area contributed by atoms with Gasteiger partial charge in [0.15, 0.2) is 9.84 Å². The lowest BCUT2D eigenvalue weighted by Gasteiger charge is -2.21. The lowest BCUT2D eigenvalue weighted by molar-refractivity contribution is 0.596. The van der Waals surface area contributed by atoms with Crippen LogP contribution in [0.5, 0.6) is 0 Å². The van der Waals surface area contributed by atoms with Gasteiger partial charge in [-0.1, -0.05) is 38.5 Å². The van der Waals surface area contributed by atoms with Gasteiger partial charge in [0.2, 0.25) is 0 Å². The van der Waals surface area contributed by atoms with Gasteiger partial charge >= 0.3 is 0 Å². The van der Waals surface area contributed by atoms with Crippen molar-refractivity contribution in [3.05, 3.63) is 44.9 Å². The smallest absolute Gasteiger partial charge is 0.267 e. The Morgan fingerprint density at radius 3 is 2.24 bits per heavy atom. The van der Waals surface area contributed by atoms with Crippen LogP contribution in [0, 0.1) is 13.8 Å². The van der Waals surface area contributed by atoms with Crippen molar-refractivity contribution < 1.29 is 8.42 Å². The summed E-state index contributed by atoms with van der Waals surface area (Å²) in [6, 6.07) is 4.07. The van der Waals surface area contributed by atoms with Gasteiger partial charge in [0.25, 0.3) is 5.56 Å². The molecule has 0 atom stereocenters. The van der Waals surface area contributed by atoms with E-state index in [1.165, 1.54) is 4.68 Å². The summed E-state index contributed by atoms with van der Waals surface area (Å²) in [5, 5.41) is 4.10. The van der Waals surface area contributed by atoms with Gasteiger partial charge in [0.1, 0.15) is 4.90 Å². The highest BCUT2D eigenvalue weighted by Crippen LogP contribution is 2.36. The second-order valence-electron chi connectivity index (χ2n) is 6.89. The van der Waals surface area contributed by atoms with Gasteiger partial charge in [-0.3, -0.25) is 4.79 Å². The van der Waals surface area contributed by atoms with Crippen LogP contribution in [0.15, 0.2) is 21.8 Å². The summed E-state index contributed by atoms with van der Waals surface area (Å²) < 4.78 is 26.2. The Hall–Kier alpha value is -1.95. The van der Waals surface area contributed by atoms with Crippen molar-refractivity contribution in [2.45, 2.75) is 51.9 Å². The average Bonchev–Trinajstić information content (AvgIpc) is 2.48. The minimum absolute atomic E-state index is 0.0380. The molecule has 136 valence electrons. The first-order valence-electron chi connectivity index (χ1n) is 8.40. The van der Waals surface area contributed by atoms with E-state index in [2.05, 4.69) is 18.9 Å². The summed E-state index contributed by atoms with van der Waals surface area (Å²) in [6.45, 7) is 9.77. The van der Waals surface area contributed by atoms with E-state index in [0.717, 1.165) is 28.5 Å². The second-order valence-corrected chi connectivity index (χ2v) is 8.84. The summed E-state index contributed by atoms with van der Waals surface area (Å²) in [7, 11) is -2.05. The molecule has 5 nitrogen and oxygen atoms in total. The van der Waals surface area contributed by atoms with Gasteiger partial charge in [-0.25, -0.2) is 13.1 Å². The molecule has 0 aliphatic carbocycles. The Morgan fingerprint density at radius 2 is 1.76 bits per heavy atom. The summed E-state index contributed by atoms with van der Waals surface area (Å²) >= 11 is 0. The monoisotopic (exact) mass is 362 g/mol. The van der Waals surface area contributed by atoms with Crippen molar-refractivity contribution in [3.8, 4) is 11.1 Å². The zero-order chi connectivity index (χ0) is 19.1. The molecule has 0 saturated heterocycles. The third-order valence-corrected chi connectivity index (χ3v) is 5.62. The molecular weight excluding hydrogens is 336 g/mol. The molecule has 0 aliphatic heterocycles. The van der Waals surface area contributed by atoms with E-state index < -0.39 is 9.84 Å². The van der Waals surface area contributed by atoms with Crippen molar-refractivity contribution in [1.29, 1.82) is 0 Å². The Balaban J connectivity index is 3.15. The molecule has 0 amide bonds. The molecule has 1 heterocycles. The summed E-state index contributed by atoms with van der Waals surface area (Å²) in [4.78, 5) is 13.0. The summed E-state index contributed by atoms with van der Waals surface area (Å²) in [5.74, 6) is 0.158. The molecule has 0 N–H and O–H groups in total. The quantitative estimate of drug-likeness (QED) is 0.838. The SMILES string of the molecule is CCc1cc(C)cc(C(C)C)c1-c1c(S(C)(=O)=O)c(C)nn(C)c1=O. The minimum atomic E-state index is -3.60. The second kappa shape index (κ2) is 6.75. The van der Waals surface area contributed by atoms with Gasteiger partial charge < -0.3 is 0 Å². The van der Waals surface area contributed by atoms with Crippen LogP contribution >= 0.6 is 0 Å². The number of benzene rings is 1. The molecule has 0 bridgehead atoms. The molecule has 0 fully saturated rings. The van der Waals surface area contributed by atoms with Crippen molar-refractivity contribution >= 4 is 9.84 Å².